The van der Waals surface area contributed by atoms with Crippen LogP contribution in [0.1, 0.15) is 43.8 Å². The first-order chi connectivity index (χ1) is 12.5. The number of amides is 2. The molecule has 1 aliphatic carbocycles. The number of primary amides is 1. The number of hydrogen-bond donors (Lipinski definition) is 2. The molecule has 26 heavy (non-hydrogen) atoms. The summed E-state index contributed by atoms with van der Waals surface area (Å²) in [6, 6.07) is 7.63. The van der Waals surface area contributed by atoms with E-state index in [-0.39, 0.29) is 5.91 Å². The monoisotopic (exact) mass is 404 g/mol. The molecule has 0 fully saturated rings. The summed E-state index contributed by atoms with van der Waals surface area (Å²) in [4.78, 5) is 26.4. The smallest absolute Gasteiger partial charge is 0.267 e. The summed E-state index contributed by atoms with van der Waals surface area (Å²) in [6.07, 6.45) is 2.77. The van der Waals surface area contributed by atoms with E-state index in [1.807, 2.05) is 24.3 Å². The second-order valence-corrected chi connectivity index (χ2v) is 9.15. The quantitative estimate of drug-likeness (QED) is 0.637. The van der Waals surface area contributed by atoms with Crippen molar-refractivity contribution in [2.24, 2.45) is 11.7 Å². The van der Waals surface area contributed by atoms with E-state index in [0.29, 0.717) is 26.4 Å². The summed E-state index contributed by atoms with van der Waals surface area (Å²) in [5.74, 6) is -0.220. The molecule has 4 nitrogen and oxygen atoms in total. The Labute approximate surface area is 164 Å². The second-order valence-electron chi connectivity index (χ2n) is 6.62. The van der Waals surface area contributed by atoms with Gasteiger partial charge in [-0.3, -0.25) is 9.59 Å². The third-order valence-electron chi connectivity index (χ3n) is 4.73. The molecule has 0 saturated heterocycles. The van der Waals surface area contributed by atoms with Crippen LogP contribution < -0.4 is 11.1 Å². The molecule has 0 bridgehead atoms. The Morgan fingerprint density at radius 1 is 1.27 bits per heavy atom. The Morgan fingerprint density at radius 3 is 2.77 bits per heavy atom. The minimum Gasteiger partial charge on any atom is -0.365 e. The van der Waals surface area contributed by atoms with Crippen LogP contribution in [0.2, 0.25) is 5.02 Å². The standard InChI is InChI=1S/C19H17ClN2O2S2/c1-9-6-7-10-13(8-9)26-19(14(10)17(21)23)22-18(24)16-15(20)11-4-2-3-5-12(11)25-16/h2-5,9H,6-8H2,1H3,(H2,21,23)(H,22,24). The van der Waals surface area contributed by atoms with E-state index in [9.17, 15) is 9.59 Å². The van der Waals surface area contributed by atoms with Crippen molar-refractivity contribution in [2.75, 3.05) is 5.32 Å². The van der Waals surface area contributed by atoms with Crippen LogP contribution in [0.5, 0.6) is 0 Å². The molecular weight excluding hydrogens is 388 g/mol. The molecule has 1 atom stereocenters. The van der Waals surface area contributed by atoms with Gasteiger partial charge in [0.1, 0.15) is 9.88 Å². The fourth-order valence-corrected chi connectivity index (χ4v) is 6.24. The SMILES string of the molecule is CC1CCc2c(sc(NC(=O)c3sc4ccccc4c3Cl)c2C(N)=O)C1. The van der Waals surface area contributed by atoms with E-state index in [4.69, 9.17) is 17.3 Å². The maximum atomic E-state index is 12.8. The Bertz CT molecular complexity index is 1040. The van der Waals surface area contributed by atoms with Crippen molar-refractivity contribution in [3.8, 4) is 0 Å². The number of rotatable bonds is 3. The molecule has 1 aromatic carbocycles. The minimum atomic E-state index is -0.491. The number of halogens is 1. The lowest BCUT2D eigenvalue weighted by Crippen LogP contribution is -2.19. The van der Waals surface area contributed by atoms with E-state index in [1.54, 1.807) is 0 Å². The first-order valence-electron chi connectivity index (χ1n) is 8.38. The molecule has 2 heterocycles. The van der Waals surface area contributed by atoms with Crippen LogP contribution in [0.25, 0.3) is 10.1 Å². The maximum absolute atomic E-state index is 12.8. The number of carbonyl (C=O) groups is 2. The number of anilines is 1. The summed E-state index contributed by atoms with van der Waals surface area (Å²) < 4.78 is 0.956. The van der Waals surface area contributed by atoms with Gasteiger partial charge in [-0.15, -0.1) is 22.7 Å². The van der Waals surface area contributed by atoms with E-state index >= 15 is 0 Å². The minimum absolute atomic E-state index is 0.301. The molecule has 2 aromatic heterocycles. The lowest BCUT2D eigenvalue weighted by Gasteiger charge is -2.18. The molecule has 7 heteroatoms. The van der Waals surface area contributed by atoms with Gasteiger partial charge >= 0.3 is 0 Å². The molecular formula is C19H17ClN2O2S2. The summed E-state index contributed by atoms with van der Waals surface area (Å²) >= 11 is 9.21. The fraction of sp³-hybridized carbons (Fsp3) is 0.263. The fourth-order valence-electron chi connectivity index (χ4n) is 3.42. The van der Waals surface area contributed by atoms with Gasteiger partial charge in [0.2, 0.25) is 0 Å². The Balaban J connectivity index is 1.71. The molecule has 0 spiro atoms. The summed E-state index contributed by atoms with van der Waals surface area (Å²) in [7, 11) is 0. The molecule has 3 aromatic rings. The third kappa shape index (κ3) is 2.92. The zero-order chi connectivity index (χ0) is 18.4. The van der Waals surface area contributed by atoms with Gasteiger partial charge in [0, 0.05) is 15.0 Å². The lowest BCUT2D eigenvalue weighted by atomic mass is 9.88. The van der Waals surface area contributed by atoms with Crippen molar-refractivity contribution < 1.29 is 9.59 Å². The van der Waals surface area contributed by atoms with E-state index < -0.39 is 5.91 Å². The first-order valence-corrected chi connectivity index (χ1v) is 10.4. The highest BCUT2D eigenvalue weighted by Gasteiger charge is 2.28. The molecule has 4 rings (SSSR count). The highest BCUT2D eigenvalue weighted by molar-refractivity contribution is 7.22. The number of thiophene rings is 2. The van der Waals surface area contributed by atoms with Crippen molar-refractivity contribution in [1.82, 2.24) is 0 Å². The van der Waals surface area contributed by atoms with Gasteiger partial charge in [0.05, 0.1) is 10.6 Å². The first kappa shape index (κ1) is 17.5. The van der Waals surface area contributed by atoms with Crippen molar-refractivity contribution in [3.63, 3.8) is 0 Å². The Kier molecular flexibility index (Phi) is 4.50. The molecule has 0 radical (unpaired) electrons. The number of benzene rings is 1. The molecule has 2 amide bonds. The Hall–Kier alpha value is -1.89. The van der Waals surface area contributed by atoms with Crippen molar-refractivity contribution in [3.05, 3.63) is 50.2 Å². The van der Waals surface area contributed by atoms with E-state index in [0.717, 1.165) is 39.8 Å². The number of hydrogen-bond acceptors (Lipinski definition) is 4. The van der Waals surface area contributed by atoms with Crippen LogP contribution in [0.4, 0.5) is 5.00 Å². The van der Waals surface area contributed by atoms with Gasteiger partial charge in [0.25, 0.3) is 11.8 Å². The van der Waals surface area contributed by atoms with Crippen LogP contribution in [0.15, 0.2) is 24.3 Å². The van der Waals surface area contributed by atoms with Gasteiger partial charge < -0.3 is 11.1 Å². The number of nitrogens with one attached hydrogen (secondary N) is 1. The molecule has 1 unspecified atom stereocenters. The highest BCUT2D eigenvalue weighted by Crippen LogP contribution is 2.41. The zero-order valence-electron chi connectivity index (χ0n) is 14.1. The molecule has 3 N–H and O–H groups in total. The predicted octanol–water partition coefficient (Wildman–Crippen LogP) is 5.09. The number of nitrogens with two attached hydrogens (primary N) is 1. The summed E-state index contributed by atoms with van der Waals surface area (Å²) in [6.45, 7) is 2.20. The van der Waals surface area contributed by atoms with Crippen LogP contribution in [0, 0.1) is 5.92 Å². The highest BCUT2D eigenvalue weighted by atomic mass is 35.5. The molecule has 0 aliphatic heterocycles. The van der Waals surface area contributed by atoms with Gasteiger partial charge in [-0.2, -0.15) is 0 Å². The van der Waals surface area contributed by atoms with Crippen molar-refractivity contribution in [2.45, 2.75) is 26.2 Å². The van der Waals surface area contributed by atoms with E-state index in [2.05, 4.69) is 12.2 Å². The third-order valence-corrected chi connectivity index (χ3v) is 7.57. The average Bonchev–Trinajstić information content (AvgIpc) is 3.12. The molecule has 1 aliphatic rings. The van der Waals surface area contributed by atoms with Crippen molar-refractivity contribution >= 4 is 61.2 Å². The molecule has 0 saturated carbocycles. The summed E-state index contributed by atoms with van der Waals surface area (Å²) in [5, 5.41) is 4.73. The van der Waals surface area contributed by atoms with Crippen LogP contribution in [-0.4, -0.2) is 11.8 Å². The maximum Gasteiger partial charge on any atom is 0.267 e. The second kappa shape index (κ2) is 6.68. The van der Waals surface area contributed by atoms with Gasteiger partial charge in [-0.25, -0.2) is 0 Å². The Morgan fingerprint density at radius 2 is 2.04 bits per heavy atom. The largest absolute Gasteiger partial charge is 0.365 e. The predicted molar refractivity (Wildman–Crippen MR) is 109 cm³/mol. The number of fused-ring (bicyclic) bond motifs is 2. The topological polar surface area (TPSA) is 72.2 Å². The van der Waals surface area contributed by atoms with Crippen LogP contribution >= 0.6 is 34.3 Å². The molecule has 134 valence electrons. The van der Waals surface area contributed by atoms with Crippen molar-refractivity contribution in [1.29, 1.82) is 0 Å². The normalized spacial score (nSPS) is 16.5. The van der Waals surface area contributed by atoms with Gasteiger partial charge in [-0.05, 0) is 36.8 Å². The lowest BCUT2D eigenvalue weighted by molar-refractivity contribution is 0.1000. The van der Waals surface area contributed by atoms with E-state index in [1.165, 1.54) is 22.7 Å². The zero-order valence-corrected chi connectivity index (χ0v) is 16.5. The van der Waals surface area contributed by atoms with Gasteiger partial charge in [-0.1, -0.05) is 36.7 Å². The van der Waals surface area contributed by atoms with Crippen LogP contribution in [0.3, 0.4) is 0 Å². The van der Waals surface area contributed by atoms with Crippen LogP contribution in [-0.2, 0) is 12.8 Å². The summed E-state index contributed by atoms with van der Waals surface area (Å²) in [5.41, 5.74) is 7.08. The number of carbonyl (C=O) groups excluding carboxylic acids is 2. The average molecular weight is 405 g/mol. The van der Waals surface area contributed by atoms with Gasteiger partial charge in [0.15, 0.2) is 0 Å².